The van der Waals surface area contributed by atoms with E-state index in [0.29, 0.717) is 11.6 Å². The van der Waals surface area contributed by atoms with Crippen LogP contribution in [-0.2, 0) is 0 Å². The van der Waals surface area contributed by atoms with Crippen molar-refractivity contribution < 1.29 is 0 Å². The Morgan fingerprint density at radius 3 is 2.79 bits per heavy atom. The molecule has 1 aliphatic carbocycles. The van der Waals surface area contributed by atoms with Crippen LogP contribution in [0.1, 0.15) is 39.0 Å². The van der Waals surface area contributed by atoms with Crippen LogP contribution in [0.5, 0.6) is 0 Å². The third kappa shape index (κ3) is 2.92. The molecule has 1 heterocycles. The SMILES string of the molecule is CC1CNC2(CCCCC2)CN1c1cccc(I)c1. The fourth-order valence-electron chi connectivity index (χ4n) is 3.58. The van der Waals surface area contributed by atoms with Crippen LogP contribution >= 0.6 is 22.6 Å². The Morgan fingerprint density at radius 2 is 2.05 bits per heavy atom. The minimum Gasteiger partial charge on any atom is -0.366 e. The lowest BCUT2D eigenvalue weighted by Crippen LogP contribution is -2.64. The molecule has 1 atom stereocenters. The molecule has 1 N–H and O–H groups in total. The van der Waals surface area contributed by atoms with Gasteiger partial charge in [0.25, 0.3) is 0 Å². The van der Waals surface area contributed by atoms with Crippen molar-refractivity contribution in [2.45, 2.75) is 50.6 Å². The zero-order valence-corrected chi connectivity index (χ0v) is 13.8. The Balaban J connectivity index is 1.83. The Labute approximate surface area is 130 Å². The van der Waals surface area contributed by atoms with Crippen molar-refractivity contribution in [1.82, 2.24) is 5.32 Å². The molecule has 2 fully saturated rings. The summed E-state index contributed by atoms with van der Waals surface area (Å²) in [4.78, 5) is 2.62. The maximum absolute atomic E-state index is 3.86. The molecule has 1 aliphatic heterocycles. The molecule has 1 saturated carbocycles. The van der Waals surface area contributed by atoms with E-state index in [1.54, 1.807) is 0 Å². The Bertz CT molecular complexity index is 440. The molecule has 0 radical (unpaired) electrons. The van der Waals surface area contributed by atoms with Crippen molar-refractivity contribution in [1.29, 1.82) is 0 Å². The van der Waals surface area contributed by atoms with E-state index < -0.39 is 0 Å². The smallest absolute Gasteiger partial charge is 0.0387 e. The fraction of sp³-hybridized carbons (Fsp3) is 0.625. The van der Waals surface area contributed by atoms with Gasteiger partial charge < -0.3 is 10.2 Å². The van der Waals surface area contributed by atoms with E-state index in [1.807, 2.05) is 0 Å². The summed E-state index contributed by atoms with van der Waals surface area (Å²) in [5.74, 6) is 0. The van der Waals surface area contributed by atoms with Crippen molar-refractivity contribution in [2.75, 3.05) is 18.0 Å². The first kappa shape index (κ1) is 13.7. The average Bonchev–Trinajstić information content (AvgIpc) is 2.43. The van der Waals surface area contributed by atoms with Crippen LogP contribution in [0.3, 0.4) is 0 Å². The van der Waals surface area contributed by atoms with E-state index in [4.69, 9.17) is 0 Å². The number of hydrogen-bond donors (Lipinski definition) is 1. The van der Waals surface area contributed by atoms with Gasteiger partial charge in [-0.05, 0) is 60.6 Å². The van der Waals surface area contributed by atoms with Crippen molar-refractivity contribution >= 4 is 28.3 Å². The Morgan fingerprint density at radius 1 is 1.26 bits per heavy atom. The van der Waals surface area contributed by atoms with Gasteiger partial charge in [0.2, 0.25) is 0 Å². The quantitative estimate of drug-likeness (QED) is 0.757. The van der Waals surface area contributed by atoms with Gasteiger partial charge in [0.05, 0.1) is 0 Å². The van der Waals surface area contributed by atoms with Gasteiger partial charge in [0.15, 0.2) is 0 Å². The predicted molar refractivity (Wildman–Crippen MR) is 89.8 cm³/mol. The molecule has 2 aliphatic rings. The number of piperazine rings is 1. The molecular formula is C16H23IN2. The largest absolute Gasteiger partial charge is 0.366 e. The average molecular weight is 370 g/mol. The zero-order chi connectivity index (χ0) is 13.3. The molecule has 104 valence electrons. The van der Waals surface area contributed by atoms with Gasteiger partial charge in [-0.3, -0.25) is 0 Å². The van der Waals surface area contributed by atoms with Gasteiger partial charge in [-0.25, -0.2) is 0 Å². The Hall–Kier alpha value is -0.290. The first-order valence-electron chi connectivity index (χ1n) is 7.46. The van der Waals surface area contributed by atoms with Gasteiger partial charge in [0.1, 0.15) is 0 Å². The van der Waals surface area contributed by atoms with Crippen LogP contribution in [0, 0.1) is 3.57 Å². The number of nitrogens with one attached hydrogen (secondary N) is 1. The molecule has 19 heavy (non-hydrogen) atoms. The van der Waals surface area contributed by atoms with E-state index in [0.717, 1.165) is 6.54 Å². The summed E-state index contributed by atoms with van der Waals surface area (Å²) in [6.07, 6.45) is 6.89. The van der Waals surface area contributed by atoms with E-state index >= 15 is 0 Å². The lowest BCUT2D eigenvalue weighted by atomic mass is 9.79. The summed E-state index contributed by atoms with van der Waals surface area (Å²) >= 11 is 2.41. The summed E-state index contributed by atoms with van der Waals surface area (Å²) in [6.45, 7) is 4.63. The highest BCUT2D eigenvalue weighted by Crippen LogP contribution is 2.34. The van der Waals surface area contributed by atoms with Crippen molar-refractivity contribution in [3.05, 3.63) is 27.8 Å². The second kappa shape index (κ2) is 5.60. The molecular weight excluding hydrogens is 347 g/mol. The second-order valence-electron chi connectivity index (χ2n) is 6.18. The van der Waals surface area contributed by atoms with Crippen LogP contribution in [0.4, 0.5) is 5.69 Å². The monoisotopic (exact) mass is 370 g/mol. The van der Waals surface area contributed by atoms with Crippen LogP contribution < -0.4 is 10.2 Å². The third-order valence-electron chi connectivity index (χ3n) is 4.73. The van der Waals surface area contributed by atoms with Gasteiger partial charge in [0, 0.05) is 33.9 Å². The highest BCUT2D eigenvalue weighted by molar-refractivity contribution is 14.1. The molecule has 1 aromatic rings. The number of hydrogen-bond acceptors (Lipinski definition) is 2. The maximum Gasteiger partial charge on any atom is 0.0387 e. The number of halogens is 1. The first-order valence-corrected chi connectivity index (χ1v) is 8.54. The van der Waals surface area contributed by atoms with E-state index in [9.17, 15) is 0 Å². The van der Waals surface area contributed by atoms with Gasteiger partial charge in [-0.2, -0.15) is 0 Å². The third-order valence-corrected chi connectivity index (χ3v) is 5.40. The minimum atomic E-state index is 0.381. The molecule has 0 bridgehead atoms. The minimum absolute atomic E-state index is 0.381. The number of anilines is 1. The van der Waals surface area contributed by atoms with Gasteiger partial charge >= 0.3 is 0 Å². The topological polar surface area (TPSA) is 15.3 Å². The zero-order valence-electron chi connectivity index (χ0n) is 11.7. The summed E-state index contributed by atoms with van der Waals surface area (Å²) < 4.78 is 1.33. The Kier molecular flexibility index (Phi) is 4.03. The molecule has 1 aromatic carbocycles. The summed E-state index contributed by atoms with van der Waals surface area (Å²) in [5, 5.41) is 3.86. The molecule has 2 nitrogen and oxygen atoms in total. The van der Waals surface area contributed by atoms with E-state index in [-0.39, 0.29) is 0 Å². The van der Waals surface area contributed by atoms with E-state index in [2.05, 4.69) is 64.0 Å². The van der Waals surface area contributed by atoms with Gasteiger partial charge in [-0.15, -0.1) is 0 Å². The molecule has 0 aromatic heterocycles. The van der Waals surface area contributed by atoms with Crippen LogP contribution in [0.2, 0.25) is 0 Å². The summed E-state index contributed by atoms with van der Waals surface area (Å²) in [6, 6.07) is 9.53. The highest BCUT2D eigenvalue weighted by atomic mass is 127. The molecule has 1 saturated heterocycles. The van der Waals surface area contributed by atoms with Crippen LogP contribution in [0.15, 0.2) is 24.3 Å². The number of rotatable bonds is 1. The predicted octanol–water partition coefficient (Wildman–Crippen LogP) is 3.79. The lowest BCUT2D eigenvalue weighted by molar-refractivity contribution is 0.200. The van der Waals surface area contributed by atoms with Crippen molar-refractivity contribution in [2.24, 2.45) is 0 Å². The summed E-state index contributed by atoms with van der Waals surface area (Å²) in [5.41, 5.74) is 1.78. The molecule has 3 heteroatoms. The van der Waals surface area contributed by atoms with Crippen molar-refractivity contribution in [3.63, 3.8) is 0 Å². The standard InChI is InChI=1S/C16H23IN2/c1-13-11-18-16(8-3-2-4-9-16)12-19(13)15-7-5-6-14(17)10-15/h5-7,10,13,18H,2-4,8-9,11-12H2,1H3. The molecule has 3 rings (SSSR count). The molecule has 0 amide bonds. The number of benzene rings is 1. The molecule has 1 spiro atoms. The lowest BCUT2D eigenvalue weighted by Gasteiger charge is -2.50. The van der Waals surface area contributed by atoms with Crippen molar-refractivity contribution in [3.8, 4) is 0 Å². The number of nitrogens with zero attached hydrogens (tertiary/aromatic N) is 1. The molecule has 1 unspecified atom stereocenters. The van der Waals surface area contributed by atoms with E-state index in [1.165, 1.54) is 47.9 Å². The first-order chi connectivity index (χ1) is 9.19. The highest BCUT2D eigenvalue weighted by Gasteiger charge is 2.38. The second-order valence-corrected chi connectivity index (χ2v) is 7.42. The normalized spacial score (nSPS) is 26.6. The maximum atomic E-state index is 3.86. The van der Waals surface area contributed by atoms with Crippen LogP contribution in [0.25, 0.3) is 0 Å². The summed E-state index contributed by atoms with van der Waals surface area (Å²) in [7, 11) is 0. The fourth-order valence-corrected chi connectivity index (χ4v) is 4.10. The van der Waals surface area contributed by atoms with Crippen LogP contribution in [-0.4, -0.2) is 24.7 Å². The van der Waals surface area contributed by atoms with Gasteiger partial charge in [-0.1, -0.05) is 25.3 Å².